The first-order chi connectivity index (χ1) is 12.8. The number of amides is 1. The molecule has 27 heavy (non-hydrogen) atoms. The molecule has 1 aromatic carbocycles. The number of hydrogen-bond donors (Lipinski definition) is 2. The predicted octanol–water partition coefficient (Wildman–Crippen LogP) is 1.83. The van der Waals surface area contributed by atoms with Gasteiger partial charge in [0, 0.05) is 12.7 Å². The Bertz CT molecular complexity index is 1090. The summed E-state index contributed by atoms with van der Waals surface area (Å²) in [7, 11) is -3.69. The van der Waals surface area contributed by atoms with Crippen LogP contribution in [-0.2, 0) is 22.9 Å². The lowest BCUT2D eigenvalue weighted by Crippen LogP contribution is -2.27. The maximum absolute atomic E-state index is 12.7. The highest BCUT2D eigenvalue weighted by atomic mass is 32.2. The van der Waals surface area contributed by atoms with Crippen molar-refractivity contribution < 1.29 is 13.2 Å². The Morgan fingerprint density at radius 3 is 2.52 bits per heavy atom. The molecule has 142 valence electrons. The van der Waals surface area contributed by atoms with Gasteiger partial charge in [-0.25, -0.2) is 18.5 Å². The minimum Gasteiger partial charge on any atom is -0.350 e. The average molecular weight is 386 g/mol. The van der Waals surface area contributed by atoms with Crippen LogP contribution in [0.15, 0.2) is 47.5 Å². The van der Waals surface area contributed by atoms with E-state index in [0.29, 0.717) is 25.1 Å². The molecule has 8 heteroatoms. The van der Waals surface area contributed by atoms with Crippen molar-refractivity contribution in [3.63, 3.8) is 0 Å². The maximum atomic E-state index is 12.7. The molecule has 1 amide bonds. The van der Waals surface area contributed by atoms with Gasteiger partial charge in [0.25, 0.3) is 5.91 Å². The Morgan fingerprint density at radius 2 is 1.89 bits per heavy atom. The van der Waals surface area contributed by atoms with Crippen LogP contribution in [0.5, 0.6) is 0 Å². The summed E-state index contributed by atoms with van der Waals surface area (Å²) in [6.45, 7) is 4.37. The van der Waals surface area contributed by atoms with Crippen molar-refractivity contribution in [2.45, 2.75) is 31.6 Å². The topological polar surface area (TPSA) is 107 Å². The van der Waals surface area contributed by atoms with Crippen LogP contribution < -0.4 is 10.5 Å². The van der Waals surface area contributed by atoms with E-state index in [1.54, 1.807) is 12.1 Å². The lowest BCUT2D eigenvalue weighted by Gasteiger charge is -2.08. The predicted molar refractivity (Wildman–Crippen MR) is 103 cm³/mol. The summed E-state index contributed by atoms with van der Waals surface area (Å²) in [5, 5.41) is 8.01. The molecule has 0 aliphatic heterocycles. The molecule has 0 radical (unpaired) electrons. The highest BCUT2D eigenvalue weighted by Crippen LogP contribution is 2.15. The van der Waals surface area contributed by atoms with Crippen molar-refractivity contribution in [2.24, 2.45) is 5.14 Å². The summed E-state index contributed by atoms with van der Waals surface area (Å²) < 4.78 is 24.4. The molecule has 0 aliphatic carbocycles. The third kappa shape index (κ3) is 4.17. The number of carbonyl (C=O) groups is 1. The monoisotopic (exact) mass is 386 g/mol. The number of aromatic nitrogens is 2. The molecule has 3 rings (SSSR count). The smallest absolute Gasteiger partial charge is 0.270 e. The third-order valence-electron chi connectivity index (χ3n) is 4.34. The Labute approximate surface area is 158 Å². The molecule has 7 nitrogen and oxygen atoms in total. The summed E-state index contributed by atoms with van der Waals surface area (Å²) in [5.74, 6) is -0.175. The number of nitrogens with two attached hydrogens (primary N) is 1. The first-order valence-electron chi connectivity index (χ1n) is 8.67. The molecule has 2 aromatic heterocycles. The molecule has 3 N–H and O–H groups in total. The van der Waals surface area contributed by atoms with Crippen LogP contribution in [0.3, 0.4) is 0 Å². The van der Waals surface area contributed by atoms with Crippen molar-refractivity contribution in [1.82, 2.24) is 14.7 Å². The van der Waals surface area contributed by atoms with Crippen molar-refractivity contribution in [1.29, 1.82) is 0 Å². The van der Waals surface area contributed by atoms with Crippen molar-refractivity contribution in [3.05, 3.63) is 65.1 Å². The van der Waals surface area contributed by atoms with E-state index < -0.39 is 10.0 Å². The number of carbonyl (C=O) groups excluding carboxylic acids is 1. The van der Waals surface area contributed by atoms with Crippen LogP contribution in [0.25, 0.3) is 5.65 Å². The number of imidazole rings is 1. The van der Waals surface area contributed by atoms with Gasteiger partial charge in [-0.2, -0.15) is 0 Å². The zero-order chi connectivity index (χ0) is 19.6. The van der Waals surface area contributed by atoms with Gasteiger partial charge in [-0.3, -0.25) is 9.20 Å². The molecular formula is C19H22N4O3S. The van der Waals surface area contributed by atoms with E-state index >= 15 is 0 Å². The van der Waals surface area contributed by atoms with Crippen molar-refractivity contribution >= 4 is 21.6 Å². The summed E-state index contributed by atoms with van der Waals surface area (Å²) in [4.78, 5) is 17.3. The number of sulfonamides is 1. The largest absolute Gasteiger partial charge is 0.350 e. The van der Waals surface area contributed by atoms with Gasteiger partial charge in [0.2, 0.25) is 10.0 Å². The van der Waals surface area contributed by atoms with Crippen molar-refractivity contribution in [3.8, 4) is 0 Å². The Balaban J connectivity index is 1.71. The number of benzene rings is 1. The van der Waals surface area contributed by atoms with Gasteiger partial charge in [0.1, 0.15) is 11.3 Å². The maximum Gasteiger partial charge on any atom is 0.270 e. The van der Waals surface area contributed by atoms with Crippen LogP contribution in [0, 0.1) is 6.92 Å². The number of pyridine rings is 1. The van der Waals surface area contributed by atoms with E-state index in [4.69, 9.17) is 5.14 Å². The number of fused-ring (bicyclic) bond motifs is 1. The summed E-state index contributed by atoms with van der Waals surface area (Å²) in [6, 6.07) is 10.2. The second-order valence-corrected chi connectivity index (χ2v) is 7.95. The number of nitrogens with zero attached hydrogens (tertiary/aromatic N) is 2. The fourth-order valence-corrected chi connectivity index (χ4v) is 3.45. The highest BCUT2D eigenvalue weighted by molar-refractivity contribution is 7.89. The minimum atomic E-state index is -3.69. The quantitative estimate of drug-likeness (QED) is 0.674. The molecular weight excluding hydrogens is 364 g/mol. The SMILES string of the molecule is CCc1nc2ccc(C)cn2c1C(=O)NCCc1ccc(S(N)(=O)=O)cc1. The molecule has 3 aromatic rings. The fourth-order valence-electron chi connectivity index (χ4n) is 2.94. The first kappa shape index (κ1) is 19.1. The normalized spacial score (nSPS) is 11.7. The lowest BCUT2D eigenvalue weighted by molar-refractivity contribution is 0.0947. The zero-order valence-electron chi connectivity index (χ0n) is 15.3. The molecule has 0 fully saturated rings. The van der Waals surface area contributed by atoms with Gasteiger partial charge >= 0.3 is 0 Å². The second kappa shape index (κ2) is 7.50. The number of nitrogens with one attached hydrogen (secondary N) is 1. The number of aryl methyl sites for hydroxylation is 2. The van der Waals surface area contributed by atoms with Gasteiger partial charge < -0.3 is 5.32 Å². The molecule has 0 atom stereocenters. The van der Waals surface area contributed by atoms with Gasteiger partial charge in [0.05, 0.1) is 10.6 Å². The van der Waals surface area contributed by atoms with Gasteiger partial charge in [-0.15, -0.1) is 0 Å². The summed E-state index contributed by atoms with van der Waals surface area (Å²) in [6.07, 6.45) is 3.15. The van der Waals surface area contributed by atoms with E-state index in [2.05, 4.69) is 10.3 Å². The lowest BCUT2D eigenvalue weighted by atomic mass is 10.1. The van der Waals surface area contributed by atoms with Crippen LogP contribution in [0.4, 0.5) is 0 Å². The molecule has 0 aliphatic rings. The standard InChI is InChI=1S/C19H22N4O3S/c1-3-16-18(23-12-13(2)4-9-17(23)22-16)19(24)21-11-10-14-5-7-15(8-6-14)27(20,25)26/h4-9,12H,3,10-11H2,1-2H3,(H,21,24)(H2,20,25,26). The minimum absolute atomic E-state index is 0.0731. The Kier molecular flexibility index (Phi) is 5.29. The fraction of sp³-hybridized carbons (Fsp3) is 0.263. The molecule has 2 heterocycles. The van der Waals surface area contributed by atoms with Crippen LogP contribution >= 0.6 is 0 Å². The molecule has 0 unspecified atom stereocenters. The summed E-state index contributed by atoms with van der Waals surface area (Å²) in [5.41, 5.74) is 4.02. The molecule has 0 saturated carbocycles. The van der Waals surface area contributed by atoms with Gasteiger partial charge in [-0.05, 0) is 49.1 Å². The highest BCUT2D eigenvalue weighted by Gasteiger charge is 2.18. The number of primary sulfonamides is 1. The molecule has 0 saturated heterocycles. The van der Waals surface area contributed by atoms with Gasteiger partial charge in [0.15, 0.2) is 0 Å². The second-order valence-electron chi connectivity index (χ2n) is 6.39. The first-order valence-corrected chi connectivity index (χ1v) is 10.2. The third-order valence-corrected chi connectivity index (χ3v) is 5.27. The summed E-state index contributed by atoms with van der Waals surface area (Å²) >= 11 is 0. The van der Waals surface area contributed by atoms with E-state index in [1.807, 2.05) is 36.6 Å². The number of rotatable bonds is 6. The van der Waals surface area contributed by atoms with Gasteiger partial charge in [-0.1, -0.05) is 25.1 Å². The molecule has 0 spiro atoms. The molecule has 0 bridgehead atoms. The Morgan fingerprint density at radius 1 is 1.19 bits per heavy atom. The van der Waals surface area contributed by atoms with E-state index in [9.17, 15) is 13.2 Å². The zero-order valence-corrected chi connectivity index (χ0v) is 16.1. The van der Waals surface area contributed by atoms with E-state index in [-0.39, 0.29) is 10.8 Å². The van der Waals surface area contributed by atoms with Crippen LogP contribution in [0.1, 0.15) is 34.2 Å². The van der Waals surface area contributed by atoms with E-state index in [1.165, 1.54) is 12.1 Å². The van der Waals surface area contributed by atoms with E-state index in [0.717, 1.165) is 22.5 Å². The number of hydrogen-bond acceptors (Lipinski definition) is 4. The van der Waals surface area contributed by atoms with Crippen molar-refractivity contribution in [2.75, 3.05) is 6.54 Å². The Hall–Kier alpha value is -2.71. The average Bonchev–Trinajstić information content (AvgIpc) is 2.99. The van der Waals surface area contributed by atoms with Crippen LogP contribution in [-0.4, -0.2) is 30.3 Å². The van der Waals surface area contributed by atoms with Crippen LogP contribution in [0.2, 0.25) is 0 Å².